The van der Waals surface area contributed by atoms with Crippen molar-refractivity contribution in [1.82, 2.24) is 4.90 Å². The number of benzene rings is 1. The van der Waals surface area contributed by atoms with E-state index in [0.29, 0.717) is 12.1 Å². The van der Waals surface area contributed by atoms with Crippen molar-refractivity contribution in [3.05, 3.63) is 23.0 Å². The van der Waals surface area contributed by atoms with Crippen LogP contribution in [0.1, 0.15) is 13.3 Å². The molecule has 2 rings (SSSR count). The maximum atomic E-state index is 14.4. The van der Waals surface area contributed by atoms with E-state index in [2.05, 4.69) is 0 Å². The minimum atomic E-state index is -4.87. The summed E-state index contributed by atoms with van der Waals surface area (Å²) in [5, 5.41) is -0.433. The van der Waals surface area contributed by atoms with E-state index >= 15 is 0 Å². The number of hydrogen-bond donors (Lipinski definition) is 1. The summed E-state index contributed by atoms with van der Waals surface area (Å²) in [4.78, 5) is 47.8. The number of anilines is 1. The number of halogens is 5. The van der Waals surface area contributed by atoms with Crippen LogP contribution in [0.2, 0.25) is 5.02 Å². The summed E-state index contributed by atoms with van der Waals surface area (Å²) in [7, 11) is 0.810. The summed E-state index contributed by atoms with van der Waals surface area (Å²) in [6.07, 6.45) is -7.80. The molecule has 2 N–H and O–H groups in total. The van der Waals surface area contributed by atoms with Gasteiger partial charge in [0.1, 0.15) is 17.6 Å². The Balaban J connectivity index is 2.47. The van der Waals surface area contributed by atoms with Gasteiger partial charge in [0, 0.05) is 13.1 Å². The minimum absolute atomic E-state index is 0.188. The average Bonchev–Trinajstić information content (AvgIpc) is 2.57. The fourth-order valence-electron chi connectivity index (χ4n) is 2.61. The molecule has 1 fully saturated rings. The SMILES string of the molecule is CC(=O)C(Oc1cc(N2C(=O)CC(C(F)(F)F)N(C)C2=O)c(F)cc1Cl)C(N)=O. The second-order valence-corrected chi connectivity index (χ2v) is 6.54. The standard InChI is InChI=1S/C16H14ClF4N3O5/c1-6(25)13(14(22)27)29-10-4-9(8(18)3-7(10)17)24-12(26)5-11(16(19,20)21)23(2)15(24)28/h3-4,11,13H,5H2,1-2H3,(H2,22,27). The smallest absolute Gasteiger partial charge is 0.409 e. The summed E-state index contributed by atoms with van der Waals surface area (Å²) in [5.74, 6) is -5.01. The number of ether oxygens (including phenoxy) is 1. The van der Waals surface area contributed by atoms with Crippen molar-refractivity contribution in [2.24, 2.45) is 5.73 Å². The van der Waals surface area contributed by atoms with Gasteiger partial charge in [-0.05, 0) is 13.0 Å². The van der Waals surface area contributed by atoms with Crippen molar-refractivity contribution in [2.75, 3.05) is 11.9 Å². The zero-order valence-electron chi connectivity index (χ0n) is 14.9. The molecule has 0 aliphatic carbocycles. The first-order valence-electron chi connectivity index (χ1n) is 7.87. The molecule has 1 aliphatic rings. The molecule has 1 aromatic carbocycles. The Morgan fingerprint density at radius 3 is 2.38 bits per heavy atom. The first kappa shape index (κ1) is 22.4. The third-order valence-electron chi connectivity index (χ3n) is 4.07. The quantitative estimate of drug-likeness (QED) is 0.557. The predicted octanol–water partition coefficient (Wildman–Crippen LogP) is 2.02. The van der Waals surface area contributed by atoms with Gasteiger partial charge in [0.05, 0.1) is 17.1 Å². The number of nitrogens with zero attached hydrogens (tertiary/aromatic N) is 2. The summed E-state index contributed by atoms with van der Waals surface area (Å²) in [6, 6.07) is -2.48. The highest BCUT2D eigenvalue weighted by atomic mass is 35.5. The first-order valence-corrected chi connectivity index (χ1v) is 8.25. The number of amides is 4. The number of carbonyl (C=O) groups is 4. The van der Waals surface area contributed by atoms with E-state index in [1.54, 1.807) is 0 Å². The lowest BCUT2D eigenvalue weighted by Gasteiger charge is -2.38. The molecule has 0 aromatic heterocycles. The Labute approximate surface area is 166 Å². The van der Waals surface area contributed by atoms with E-state index in [-0.39, 0.29) is 9.80 Å². The summed E-state index contributed by atoms with van der Waals surface area (Å²) in [6.45, 7) is 0.984. The molecule has 2 atom stereocenters. The van der Waals surface area contributed by atoms with Gasteiger partial charge in [0.15, 0.2) is 5.78 Å². The molecule has 4 amide bonds. The van der Waals surface area contributed by atoms with E-state index in [9.17, 15) is 36.7 Å². The lowest BCUT2D eigenvalue weighted by Crippen LogP contribution is -2.60. The fraction of sp³-hybridized carbons (Fsp3) is 0.375. The highest BCUT2D eigenvalue weighted by Crippen LogP contribution is 2.37. The van der Waals surface area contributed by atoms with E-state index in [1.807, 2.05) is 0 Å². The fourth-order valence-corrected chi connectivity index (χ4v) is 2.81. The van der Waals surface area contributed by atoms with Crippen molar-refractivity contribution < 1.29 is 41.5 Å². The van der Waals surface area contributed by atoms with Gasteiger partial charge in [0.2, 0.25) is 12.0 Å². The largest absolute Gasteiger partial charge is 0.471 e. The van der Waals surface area contributed by atoms with Crippen LogP contribution in [0.5, 0.6) is 5.75 Å². The zero-order valence-corrected chi connectivity index (χ0v) is 15.7. The van der Waals surface area contributed by atoms with Gasteiger partial charge in [-0.2, -0.15) is 13.2 Å². The lowest BCUT2D eigenvalue weighted by molar-refractivity contribution is -0.179. The van der Waals surface area contributed by atoms with Crippen LogP contribution >= 0.6 is 11.6 Å². The Hall–Kier alpha value is -2.89. The number of carbonyl (C=O) groups excluding carboxylic acids is 4. The van der Waals surface area contributed by atoms with Crippen molar-refractivity contribution in [1.29, 1.82) is 0 Å². The highest BCUT2D eigenvalue weighted by Gasteiger charge is 2.51. The van der Waals surface area contributed by atoms with E-state index in [1.165, 1.54) is 0 Å². The molecular weight excluding hydrogens is 426 g/mol. The number of rotatable bonds is 5. The van der Waals surface area contributed by atoms with Crippen LogP contribution in [0.3, 0.4) is 0 Å². The zero-order chi connectivity index (χ0) is 22.3. The lowest BCUT2D eigenvalue weighted by atomic mass is 10.1. The Bertz CT molecular complexity index is 878. The molecule has 0 radical (unpaired) electrons. The topological polar surface area (TPSA) is 110 Å². The molecular formula is C16H14ClF4N3O5. The molecule has 2 unspecified atom stereocenters. The van der Waals surface area contributed by atoms with Gasteiger partial charge < -0.3 is 15.4 Å². The number of primary amides is 1. The molecule has 158 valence electrons. The van der Waals surface area contributed by atoms with E-state index in [4.69, 9.17) is 22.1 Å². The van der Waals surface area contributed by atoms with Crippen LogP contribution < -0.4 is 15.4 Å². The third kappa shape index (κ3) is 4.42. The van der Waals surface area contributed by atoms with Crippen molar-refractivity contribution in [2.45, 2.75) is 31.7 Å². The minimum Gasteiger partial charge on any atom is -0.471 e. The molecule has 1 aliphatic heterocycles. The number of imide groups is 1. The van der Waals surface area contributed by atoms with E-state index in [0.717, 1.165) is 14.0 Å². The third-order valence-corrected chi connectivity index (χ3v) is 4.37. The molecule has 13 heteroatoms. The Kier molecular flexibility index (Phi) is 6.07. The summed E-state index contributed by atoms with van der Waals surface area (Å²) < 4.78 is 58.5. The summed E-state index contributed by atoms with van der Waals surface area (Å²) >= 11 is 5.80. The molecule has 0 spiro atoms. The molecule has 29 heavy (non-hydrogen) atoms. The first-order chi connectivity index (χ1) is 13.3. The molecule has 0 saturated carbocycles. The van der Waals surface area contributed by atoms with Crippen LogP contribution in [-0.4, -0.2) is 53.9 Å². The number of ketones is 1. The monoisotopic (exact) mass is 439 g/mol. The van der Waals surface area contributed by atoms with Crippen LogP contribution in [0.25, 0.3) is 0 Å². The average molecular weight is 440 g/mol. The van der Waals surface area contributed by atoms with Crippen molar-refractivity contribution in [3.63, 3.8) is 0 Å². The van der Waals surface area contributed by atoms with Gasteiger partial charge >= 0.3 is 12.2 Å². The number of hydrogen-bond acceptors (Lipinski definition) is 5. The van der Waals surface area contributed by atoms with Crippen LogP contribution in [0.15, 0.2) is 12.1 Å². The van der Waals surface area contributed by atoms with E-state index < -0.39 is 70.6 Å². The normalized spacial score (nSPS) is 18.7. The van der Waals surface area contributed by atoms with Crippen LogP contribution in [0, 0.1) is 5.82 Å². The molecule has 1 aromatic rings. The molecule has 1 heterocycles. The van der Waals surface area contributed by atoms with Crippen molar-refractivity contribution >= 4 is 40.9 Å². The maximum Gasteiger partial charge on any atom is 0.409 e. The molecule has 1 saturated heterocycles. The maximum absolute atomic E-state index is 14.4. The predicted molar refractivity (Wildman–Crippen MR) is 90.8 cm³/mol. The van der Waals surface area contributed by atoms with Gasteiger partial charge in [0.25, 0.3) is 5.91 Å². The second-order valence-electron chi connectivity index (χ2n) is 6.13. The second kappa shape index (κ2) is 7.85. The number of urea groups is 1. The molecule has 0 bridgehead atoms. The number of Topliss-reactive ketones (excluding diaryl/α,β-unsaturated/α-hetero) is 1. The molecule has 8 nitrogen and oxygen atoms in total. The van der Waals surface area contributed by atoms with Crippen LogP contribution in [-0.2, 0) is 14.4 Å². The Morgan fingerprint density at radius 2 is 1.90 bits per heavy atom. The van der Waals surface area contributed by atoms with Crippen molar-refractivity contribution in [3.8, 4) is 5.75 Å². The highest BCUT2D eigenvalue weighted by molar-refractivity contribution is 6.32. The number of alkyl halides is 3. The Morgan fingerprint density at radius 1 is 1.31 bits per heavy atom. The van der Waals surface area contributed by atoms with Gasteiger partial charge in [-0.15, -0.1) is 0 Å². The van der Waals surface area contributed by atoms with Gasteiger partial charge in [-0.25, -0.2) is 14.1 Å². The summed E-state index contributed by atoms with van der Waals surface area (Å²) in [5.41, 5.74) is 4.27. The number of nitrogens with two attached hydrogens (primary N) is 1. The van der Waals surface area contributed by atoms with Crippen LogP contribution in [0.4, 0.5) is 28.0 Å². The van der Waals surface area contributed by atoms with Gasteiger partial charge in [-0.1, -0.05) is 11.6 Å². The van der Waals surface area contributed by atoms with Gasteiger partial charge in [-0.3, -0.25) is 14.4 Å².